The van der Waals surface area contributed by atoms with Gasteiger partial charge in [0.15, 0.2) is 0 Å². The van der Waals surface area contributed by atoms with Crippen LogP contribution in [0.3, 0.4) is 0 Å². The number of aromatic nitrogens is 1. The summed E-state index contributed by atoms with van der Waals surface area (Å²) in [7, 11) is 5.26. The molecule has 340 valence electrons. The Hall–Kier alpha value is -5.66. The molecule has 0 radical (unpaired) electrons. The summed E-state index contributed by atoms with van der Waals surface area (Å²) in [5, 5.41) is 22.7. The molecule has 0 saturated carbocycles. The van der Waals surface area contributed by atoms with Crippen LogP contribution in [0.4, 0.5) is 34.6 Å². The van der Waals surface area contributed by atoms with Crippen LogP contribution in [0.15, 0.2) is 60.7 Å². The number of rotatable bonds is 16. The van der Waals surface area contributed by atoms with Crippen molar-refractivity contribution in [2.45, 2.75) is 83.0 Å². The van der Waals surface area contributed by atoms with E-state index in [0.717, 1.165) is 35.1 Å². The van der Waals surface area contributed by atoms with Crippen LogP contribution in [0, 0.1) is 17.8 Å². The van der Waals surface area contributed by atoms with E-state index in [1.165, 1.54) is 7.11 Å². The molecule has 12 nitrogen and oxygen atoms in total. The van der Waals surface area contributed by atoms with Crippen molar-refractivity contribution in [3.8, 4) is 23.3 Å². The largest absolute Gasteiger partial charge is 0.495 e. The number of likely N-dealkylation sites (tertiary alicyclic amines) is 1. The number of methoxy groups -OCH3 is 1. The first kappa shape index (κ1) is 46.8. The summed E-state index contributed by atoms with van der Waals surface area (Å²) >= 11 is 0. The third-order valence-electron chi connectivity index (χ3n) is 11.6. The number of ether oxygens (including phenoxy) is 2. The monoisotopic (exact) mass is 877 g/mol. The van der Waals surface area contributed by atoms with Gasteiger partial charge in [0.2, 0.25) is 5.91 Å². The van der Waals surface area contributed by atoms with Crippen molar-refractivity contribution >= 4 is 39.8 Å². The number of alkyl halides is 4. The lowest BCUT2D eigenvalue weighted by molar-refractivity contribution is -0.140. The summed E-state index contributed by atoms with van der Waals surface area (Å²) in [5.41, 5.74) is 3.87. The molecule has 63 heavy (non-hydrogen) atoms. The number of hydrogen-bond acceptors (Lipinski definition) is 9. The van der Waals surface area contributed by atoms with Crippen LogP contribution in [0.5, 0.6) is 11.5 Å². The van der Waals surface area contributed by atoms with Gasteiger partial charge in [-0.05, 0) is 99.0 Å². The lowest BCUT2D eigenvalue weighted by atomic mass is 9.95. The van der Waals surface area contributed by atoms with Gasteiger partial charge >= 0.3 is 6.18 Å². The van der Waals surface area contributed by atoms with Crippen molar-refractivity contribution in [3.05, 3.63) is 77.5 Å². The molecule has 1 fully saturated rings. The molecule has 1 aromatic heterocycles. The van der Waals surface area contributed by atoms with Crippen LogP contribution >= 0.6 is 0 Å². The Morgan fingerprint density at radius 1 is 1.05 bits per heavy atom. The molecule has 5 N–H and O–H groups in total. The van der Waals surface area contributed by atoms with E-state index >= 15 is 0 Å². The number of hydrogen-bond donors (Lipinski definition) is 5. The average Bonchev–Trinajstić information content (AvgIpc) is 3.58. The van der Waals surface area contributed by atoms with E-state index in [1.54, 1.807) is 42.5 Å². The van der Waals surface area contributed by atoms with E-state index in [2.05, 4.69) is 33.1 Å². The fraction of sp³-hybridized carbons (Fsp3) is 0.489. The summed E-state index contributed by atoms with van der Waals surface area (Å²) in [6.45, 7) is 4.56. The number of carbonyl (C=O) groups is 2. The number of anilines is 3. The quantitative estimate of drug-likeness (QED) is 0.0480. The van der Waals surface area contributed by atoms with Crippen LogP contribution in [-0.4, -0.2) is 117 Å². The van der Waals surface area contributed by atoms with Crippen molar-refractivity contribution < 1.29 is 41.7 Å². The minimum absolute atomic E-state index is 0.0449. The number of benzene rings is 3. The molecule has 0 aliphatic carbocycles. The fourth-order valence-electron chi connectivity index (χ4n) is 8.37. The zero-order valence-corrected chi connectivity index (χ0v) is 36.6. The third-order valence-corrected chi connectivity index (χ3v) is 11.6. The molecular formula is C47H59F4N7O5. The highest BCUT2D eigenvalue weighted by atomic mass is 19.4. The van der Waals surface area contributed by atoms with E-state index in [4.69, 9.17) is 9.47 Å². The number of nitrogens with zero attached hydrogens (tertiary/aromatic N) is 3. The van der Waals surface area contributed by atoms with E-state index in [1.807, 2.05) is 55.9 Å². The molecule has 4 aromatic rings. The maximum absolute atomic E-state index is 14.9. The number of likely N-dealkylation sites (N-methyl/N-ethyl adjacent to an activating group) is 1. The minimum Gasteiger partial charge on any atom is -0.495 e. The third kappa shape index (κ3) is 12.1. The first-order valence-corrected chi connectivity index (χ1v) is 21.5. The normalized spacial score (nSPS) is 19.3. The summed E-state index contributed by atoms with van der Waals surface area (Å²) < 4.78 is 69.0. The van der Waals surface area contributed by atoms with Gasteiger partial charge in [-0.1, -0.05) is 31.9 Å². The van der Waals surface area contributed by atoms with Crippen molar-refractivity contribution in [2.75, 3.05) is 76.1 Å². The topological polar surface area (TPSA) is 132 Å². The number of aliphatic hydroxyl groups is 1. The first-order valence-electron chi connectivity index (χ1n) is 21.5. The molecule has 4 atom stereocenters. The Kier molecular flexibility index (Phi) is 15.7. The molecule has 0 spiro atoms. The summed E-state index contributed by atoms with van der Waals surface area (Å²) in [4.78, 5) is 30.0. The van der Waals surface area contributed by atoms with Gasteiger partial charge in [-0.25, -0.2) is 4.39 Å². The highest BCUT2D eigenvalue weighted by molar-refractivity contribution is 5.96. The Bertz CT molecular complexity index is 2270. The lowest BCUT2D eigenvalue weighted by Crippen LogP contribution is -2.54. The highest BCUT2D eigenvalue weighted by Crippen LogP contribution is 2.33. The van der Waals surface area contributed by atoms with Gasteiger partial charge in [0.05, 0.1) is 55.9 Å². The predicted molar refractivity (Wildman–Crippen MR) is 239 cm³/mol. The molecule has 2 aliphatic heterocycles. The van der Waals surface area contributed by atoms with Gasteiger partial charge < -0.3 is 50.2 Å². The number of carbonyl (C=O) groups excluding carboxylic acids is 2. The van der Waals surface area contributed by atoms with Crippen molar-refractivity contribution in [1.82, 2.24) is 20.1 Å². The summed E-state index contributed by atoms with van der Waals surface area (Å²) in [6, 6.07) is 16.2. The van der Waals surface area contributed by atoms with E-state index in [-0.39, 0.29) is 49.2 Å². The number of nitrogens with one attached hydrogen (secondary N) is 4. The van der Waals surface area contributed by atoms with Crippen LogP contribution in [0.25, 0.3) is 10.9 Å². The summed E-state index contributed by atoms with van der Waals surface area (Å²) in [6.07, 6.45) is -2.26. The minimum atomic E-state index is -4.50. The second kappa shape index (κ2) is 21.1. The SMILES string of the molecule is COc1ccc(C(=O)NCCCCCOc2ccc3c(c2)N(C)[C@@H](C(C)C)C(=O)N[C@H](CO)C3)cc1NCC#Cc1cc2c(N[C@@H]3CCN(C)C[C@@H]3F)cccc2n1CC(F)(F)F. The second-order valence-corrected chi connectivity index (χ2v) is 16.7. The average molecular weight is 878 g/mol. The zero-order chi connectivity index (χ0) is 45.3. The van der Waals surface area contributed by atoms with Gasteiger partial charge in [-0.15, -0.1) is 0 Å². The molecule has 2 amide bonds. The fourth-order valence-corrected chi connectivity index (χ4v) is 8.37. The maximum atomic E-state index is 14.9. The number of fused-ring (bicyclic) bond motifs is 2. The predicted octanol–water partition coefficient (Wildman–Crippen LogP) is 6.60. The number of halogens is 4. The number of amides is 2. The maximum Gasteiger partial charge on any atom is 0.406 e. The molecule has 0 bridgehead atoms. The van der Waals surface area contributed by atoms with Crippen LogP contribution < -0.4 is 35.6 Å². The van der Waals surface area contributed by atoms with E-state index in [9.17, 15) is 32.3 Å². The van der Waals surface area contributed by atoms with Gasteiger partial charge in [-0.2, -0.15) is 13.2 Å². The number of piperidine rings is 1. The Balaban J connectivity index is 1.01. The summed E-state index contributed by atoms with van der Waals surface area (Å²) in [5.74, 6) is 6.64. The molecule has 3 aromatic carbocycles. The molecule has 6 rings (SSSR count). The molecule has 0 unspecified atom stereocenters. The van der Waals surface area contributed by atoms with Crippen LogP contribution in [0.2, 0.25) is 0 Å². The van der Waals surface area contributed by atoms with Crippen molar-refractivity contribution in [2.24, 2.45) is 5.92 Å². The van der Waals surface area contributed by atoms with Gasteiger partial charge in [0.25, 0.3) is 5.91 Å². The van der Waals surface area contributed by atoms with Gasteiger partial charge in [0.1, 0.15) is 30.3 Å². The van der Waals surface area contributed by atoms with E-state index < -0.39 is 31.0 Å². The Labute approximate surface area is 366 Å². The van der Waals surface area contributed by atoms with Crippen LogP contribution in [-0.2, 0) is 17.8 Å². The Morgan fingerprint density at radius 2 is 1.86 bits per heavy atom. The van der Waals surface area contributed by atoms with E-state index in [0.29, 0.717) is 71.9 Å². The number of aliphatic hydroxyl groups excluding tert-OH is 1. The molecule has 3 heterocycles. The van der Waals surface area contributed by atoms with Gasteiger partial charge in [-0.3, -0.25) is 9.59 Å². The second-order valence-electron chi connectivity index (χ2n) is 16.7. The molecular weight excluding hydrogens is 819 g/mol. The lowest BCUT2D eigenvalue weighted by Gasteiger charge is -2.37. The van der Waals surface area contributed by atoms with Crippen molar-refractivity contribution in [3.63, 3.8) is 0 Å². The Morgan fingerprint density at radius 3 is 2.59 bits per heavy atom. The van der Waals surface area contributed by atoms with Crippen molar-refractivity contribution in [1.29, 1.82) is 0 Å². The molecule has 2 aliphatic rings. The smallest absolute Gasteiger partial charge is 0.406 e. The number of unbranched alkanes of at least 4 members (excludes halogenated alkanes) is 2. The van der Waals surface area contributed by atoms with Crippen LogP contribution in [0.1, 0.15) is 61.1 Å². The van der Waals surface area contributed by atoms with Gasteiger partial charge in [0, 0.05) is 55.1 Å². The molecule has 16 heteroatoms. The standard InChI is InChI=1S/C47H59F4N7O5/c1-30(2)44-46(61)54-33(28-59)23-31-14-16-35(26-42(31)57(44)4)63-22-8-6-7-19-53-45(60)32-15-17-43(62-5)40(24-32)52-20-10-11-34-25-36-38(55-39-18-21-56(3)27-37(39)48)12-9-13-41(36)58(34)29-47(49,50)51/h9,12-17,24-26,30,33,37,39,44,52,55,59H,6-8,18-23,27-29H2,1-5H3,(H,53,60)(H,54,61)/t33-,37-,39+,44-/m0/s1. The molecule has 1 saturated heterocycles. The zero-order valence-electron chi connectivity index (χ0n) is 36.6. The first-order chi connectivity index (χ1) is 30.1. The highest BCUT2D eigenvalue weighted by Gasteiger charge is 2.33.